The molecule has 0 aliphatic heterocycles. The highest BCUT2D eigenvalue weighted by atomic mass is 19.2. The Morgan fingerprint density at radius 1 is 1.25 bits per heavy atom. The molecule has 0 bridgehead atoms. The van der Waals surface area contributed by atoms with E-state index >= 15 is 0 Å². The van der Waals surface area contributed by atoms with E-state index in [-0.39, 0.29) is 11.3 Å². The summed E-state index contributed by atoms with van der Waals surface area (Å²) >= 11 is 0. The number of nitrogen functional groups attached to an aromatic ring is 1. The molecule has 0 saturated carbocycles. The molecule has 1 amide bonds. The molecule has 2 N–H and O–H groups in total. The van der Waals surface area contributed by atoms with Crippen LogP contribution in [-0.4, -0.2) is 17.4 Å². The minimum absolute atomic E-state index is 0.0671. The first kappa shape index (κ1) is 13.9. The molecular formula is C14H13F2N3O. The zero-order valence-corrected chi connectivity index (χ0v) is 10.8. The van der Waals surface area contributed by atoms with Crippen molar-refractivity contribution in [1.29, 1.82) is 0 Å². The number of carbonyl (C=O) groups is 1. The van der Waals surface area contributed by atoms with E-state index in [9.17, 15) is 13.6 Å². The summed E-state index contributed by atoms with van der Waals surface area (Å²) in [5, 5.41) is 0. The first-order chi connectivity index (χ1) is 9.54. The fourth-order valence-electron chi connectivity index (χ4n) is 1.86. The van der Waals surface area contributed by atoms with Crippen LogP contribution in [0, 0.1) is 11.6 Å². The molecule has 1 aromatic carbocycles. The second-order valence-corrected chi connectivity index (χ2v) is 4.11. The van der Waals surface area contributed by atoms with Crippen molar-refractivity contribution in [2.24, 2.45) is 0 Å². The van der Waals surface area contributed by atoms with Crippen LogP contribution in [0.3, 0.4) is 0 Å². The Kier molecular flexibility index (Phi) is 3.93. The summed E-state index contributed by atoms with van der Waals surface area (Å²) in [5.41, 5.74) is 6.04. The van der Waals surface area contributed by atoms with Crippen LogP contribution in [0.2, 0.25) is 0 Å². The lowest BCUT2D eigenvalue weighted by Gasteiger charge is -2.21. The number of amides is 1. The molecule has 4 nitrogen and oxygen atoms in total. The van der Waals surface area contributed by atoms with E-state index in [0.29, 0.717) is 12.2 Å². The van der Waals surface area contributed by atoms with Crippen molar-refractivity contribution >= 4 is 17.3 Å². The molecule has 1 aromatic heterocycles. The Labute approximate surface area is 114 Å². The predicted molar refractivity (Wildman–Crippen MR) is 72.4 cm³/mol. The molecule has 104 valence electrons. The van der Waals surface area contributed by atoms with Gasteiger partial charge in [-0.25, -0.2) is 8.78 Å². The van der Waals surface area contributed by atoms with Gasteiger partial charge in [0.25, 0.3) is 5.91 Å². The number of nitrogens with zero attached hydrogens (tertiary/aromatic N) is 2. The van der Waals surface area contributed by atoms with Crippen LogP contribution in [0.1, 0.15) is 17.3 Å². The molecule has 6 heteroatoms. The minimum atomic E-state index is -1.10. The molecule has 0 radical (unpaired) electrons. The molecule has 0 spiro atoms. The van der Waals surface area contributed by atoms with Crippen LogP contribution in [0.5, 0.6) is 0 Å². The Morgan fingerprint density at radius 3 is 2.45 bits per heavy atom. The van der Waals surface area contributed by atoms with Crippen LogP contribution in [0.25, 0.3) is 0 Å². The SMILES string of the molecule is CCN(C(=O)c1cc(F)c(F)cc1N)c1ccncc1. The maximum atomic E-state index is 13.3. The van der Waals surface area contributed by atoms with Crippen molar-refractivity contribution in [1.82, 2.24) is 4.98 Å². The van der Waals surface area contributed by atoms with E-state index < -0.39 is 17.5 Å². The molecule has 20 heavy (non-hydrogen) atoms. The van der Waals surface area contributed by atoms with Gasteiger partial charge >= 0.3 is 0 Å². The minimum Gasteiger partial charge on any atom is -0.398 e. The molecule has 2 rings (SSSR count). The normalized spacial score (nSPS) is 10.3. The van der Waals surface area contributed by atoms with Gasteiger partial charge in [-0.2, -0.15) is 0 Å². The quantitative estimate of drug-likeness (QED) is 0.877. The molecule has 0 atom stereocenters. The summed E-state index contributed by atoms with van der Waals surface area (Å²) in [7, 11) is 0. The maximum Gasteiger partial charge on any atom is 0.260 e. The predicted octanol–water partition coefficient (Wildman–Crippen LogP) is 2.61. The number of rotatable bonds is 3. The number of hydrogen-bond acceptors (Lipinski definition) is 3. The third kappa shape index (κ3) is 2.59. The average molecular weight is 277 g/mol. The van der Waals surface area contributed by atoms with Crippen LogP contribution >= 0.6 is 0 Å². The Morgan fingerprint density at radius 2 is 1.85 bits per heavy atom. The van der Waals surface area contributed by atoms with Gasteiger partial charge in [-0.3, -0.25) is 9.78 Å². The Balaban J connectivity index is 2.42. The van der Waals surface area contributed by atoms with E-state index in [1.807, 2.05) is 0 Å². The van der Waals surface area contributed by atoms with Crippen molar-refractivity contribution in [2.75, 3.05) is 17.2 Å². The van der Waals surface area contributed by atoms with Crippen molar-refractivity contribution in [2.45, 2.75) is 6.92 Å². The standard InChI is InChI=1S/C14H13F2N3O/c1-2-19(9-3-5-18-6-4-9)14(20)10-7-11(15)12(16)8-13(10)17/h3-8H,2,17H2,1H3. The lowest BCUT2D eigenvalue weighted by atomic mass is 10.1. The van der Waals surface area contributed by atoms with Gasteiger partial charge in [0.1, 0.15) is 0 Å². The summed E-state index contributed by atoms with van der Waals surface area (Å²) < 4.78 is 26.3. The third-order valence-corrected chi connectivity index (χ3v) is 2.86. The van der Waals surface area contributed by atoms with Crippen LogP contribution in [-0.2, 0) is 0 Å². The number of hydrogen-bond donors (Lipinski definition) is 1. The number of halogens is 2. The number of nitrogens with two attached hydrogens (primary N) is 1. The second kappa shape index (κ2) is 5.64. The van der Waals surface area contributed by atoms with Crippen LogP contribution in [0.4, 0.5) is 20.2 Å². The second-order valence-electron chi connectivity index (χ2n) is 4.11. The van der Waals surface area contributed by atoms with Gasteiger partial charge < -0.3 is 10.6 Å². The first-order valence-corrected chi connectivity index (χ1v) is 6.01. The smallest absolute Gasteiger partial charge is 0.260 e. The van der Waals surface area contributed by atoms with Crippen molar-refractivity contribution < 1.29 is 13.6 Å². The highest BCUT2D eigenvalue weighted by Crippen LogP contribution is 2.22. The molecule has 2 aromatic rings. The van der Waals surface area contributed by atoms with Crippen molar-refractivity contribution in [3.63, 3.8) is 0 Å². The summed E-state index contributed by atoms with van der Waals surface area (Å²) in [6.45, 7) is 2.13. The lowest BCUT2D eigenvalue weighted by Crippen LogP contribution is -2.31. The molecular weight excluding hydrogens is 264 g/mol. The summed E-state index contributed by atoms with van der Waals surface area (Å²) in [4.78, 5) is 17.7. The van der Waals surface area contributed by atoms with E-state index in [1.54, 1.807) is 31.5 Å². The molecule has 0 aliphatic rings. The Hall–Kier alpha value is -2.50. The van der Waals surface area contributed by atoms with E-state index in [2.05, 4.69) is 4.98 Å². The first-order valence-electron chi connectivity index (χ1n) is 6.01. The molecule has 0 aliphatic carbocycles. The highest BCUT2D eigenvalue weighted by molar-refractivity contribution is 6.09. The van der Waals surface area contributed by atoms with E-state index in [4.69, 9.17) is 5.73 Å². The number of anilines is 2. The van der Waals surface area contributed by atoms with E-state index in [0.717, 1.165) is 12.1 Å². The maximum absolute atomic E-state index is 13.3. The van der Waals surface area contributed by atoms with Gasteiger partial charge in [0.2, 0.25) is 0 Å². The fraction of sp³-hybridized carbons (Fsp3) is 0.143. The zero-order valence-electron chi connectivity index (χ0n) is 10.8. The fourth-order valence-corrected chi connectivity index (χ4v) is 1.86. The van der Waals surface area contributed by atoms with Crippen LogP contribution in [0.15, 0.2) is 36.7 Å². The van der Waals surface area contributed by atoms with Crippen LogP contribution < -0.4 is 10.6 Å². The molecule has 0 saturated heterocycles. The van der Waals surface area contributed by atoms with Gasteiger partial charge in [0.15, 0.2) is 11.6 Å². The van der Waals surface area contributed by atoms with Gasteiger partial charge in [-0.1, -0.05) is 0 Å². The third-order valence-electron chi connectivity index (χ3n) is 2.86. The topological polar surface area (TPSA) is 59.2 Å². The van der Waals surface area contributed by atoms with E-state index in [1.165, 1.54) is 4.90 Å². The summed E-state index contributed by atoms with van der Waals surface area (Å²) in [5.74, 6) is -2.67. The monoisotopic (exact) mass is 277 g/mol. The highest BCUT2D eigenvalue weighted by Gasteiger charge is 2.20. The molecule has 0 unspecified atom stereocenters. The van der Waals surface area contributed by atoms with Gasteiger partial charge in [0, 0.05) is 36.4 Å². The van der Waals surface area contributed by atoms with Gasteiger partial charge in [-0.05, 0) is 25.1 Å². The molecule has 0 fully saturated rings. The average Bonchev–Trinajstić information content (AvgIpc) is 2.44. The van der Waals surface area contributed by atoms with Gasteiger partial charge in [-0.15, -0.1) is 0 Å². The summed E-state index contributed by atoms with van der Waals surface area (Å²) in [6, 6.07) is 4.93. The number of pyridine rings is 1. The molecule has 1 heterocycles. The Bertz CT molecular complexity index is 632. The van der Waals surface area contributed by atoms with Gasteiger partial charge in [0.05, 0.1) is 5.56 Å². The largest absolute Gasteiger partial charge is 0.398 e. The zero-order chi connectivity index (χ0) is 14.7. The van der Waals surface area contributed by atoms with Crippen molar-refractivity contribution in [3.05, 3.63) is 53.9 Å². The number of carbonyl (C=O) groups excluding carboxylic acids is 1. The number of benzene rings is 1. The summed E-state index contributed by atoms with van der Waals surface area (Å²) in [6.07, 6.45) is 3.08. The number of aromatic nitrogens is 1. The lowest BCUT2D eigenvalue weighted by molar-refractivity contribution is 0.0988. The van der Waals surface area contributed by atoms with Crippen molar-refractivity contribution in [3.8, 4) is 0 Å².